The van der Waals surface area contributed by atoms with E-state index in [1.54, 1.807) is 17.0 Å². The molecule has 1 atom stereocenters. The third kappa shape index (κ3) is 4.74. The first-order chi connectivity index (χ1) is 9.47. The second-order valence-corrected chi connectivity index (χ2v) is 5.10. The lowest BCUT2D eigenvalue weighted by Gasteiger charge is -2.24. The summed E-state index contributed by atoms with van der Waals surface area (Å²) in [5, 5.41) is 12.2. The van der Waals surface area contributed by atoms with E-state index in [4.69, 9.17) is 22.5 Å². The lowest BCUT2D eigenvalue weighted by molar-refractivity contribution is -0.130. The van der Waals surface area contributed by atoms with Gasteiger partial charge in [-0.1, -0.05) is 35.8 Å². The molecule has 0 saturated heterocycles. The Hall–Kier alpha value is -1.75. The molecule has 1 unspecified atom stereocenters. The van der Waals surface area contributed by atoms with Crippen molar-refractivity contribution in [1.82, 2.24) is 4.90 Å². The number of carbonyl (C=O) groups is 1. The number of amidine groups is 1. The summed E-state index contributed by atoms with van der Waals surface area (Å²) in [6.07, 6.45) is 0.289. The van der Waals surface area contributed by atoms with E-state index in [2.05, 4.69) is 5.16 Å². The first-order valence-corrected chi connectivity index (χ1v) is 6.85. The number of amides is 1. The lowest BCUT2D eigenvalue weighted by atomic mass is 10.1. The van der Waals surface area contributed by atoms with Crippen LogP contribution in [0.15, 0.2) is 29.4 Å². The van der Waals surface area contributed by atoms with E-state index in [1.165, 1.54) is 0 Å². The van der Waals surface area contributed by atoms with Gasteiger partial charge in [-0.3, -0.25) is 4.79 Å². The molecule has 5 nitrogen and oxygen atoms in total. The van der Waals surface area contributed by atoms with Crippen molar-refractivity contribution in [3.05, 3.63) is 34.9 Å². The van der Waals surface area contributed by atoms with Crippen molar-refractivity contribution in [3.63, 3.8) is 0 Å². The van der Waals surface area contributed by atoms with Gasteiger partial charge in [0.25, 0.3) is 0 Å². The monoisotopic (exact) mass is 297 g/mol. The van der Waals surface area contributed by atoms with Gasteiger partial charge in [-0.05, 0) is 24.6 Å². The molecule has 1 amide bonds. The van der Waals surface area contributed by atoms with E-state index in [-0.39, 0.29) is 24.1 Å². The molecule has 110 valence electrons. The number of oxime groups is 1. The Morgan fingerprint density at radius 2 is 2.25 bits per heavy atom. The van der Waals surface area contributed by atoms with Crippen molar-refractivity contribution in [2.45, 2.75) is 20.3 Å². The minimum Gasteiger partial charge on any atom is -0.409 e. The van der Waals surface area contributed by atoms with Crippen molar-refractivity contribution in [3.8, 4) is 0 Å². The summed E-state index contributed by atoms with van der Waals surface area (Å²) in [5.74, 6) is -0.0744. The van der Waals surface area contributed by atoms with Crippen LogP contribution < -0.4 is 5.73 Å². The van der Waals surface area contributed by atoms with Gasteiger partial charge in [0.05, 0.1) is 6.42 Å². The zero-order chi connectivity index (χ0) is 15.1. The van der Waals surface area contributed by atoms with Crippen LogP contribution in [0.25, 0.3) is 0 Å². The van der Waals surface area contributed by atoms with Crippen molar-refractivity contribution < 1.29 is 10.0 Å². The maximum atomic E-state index is 12.2. The Morgan fingerprint density at radius 1 is 1.55 bits per heavy atom. The molecule has 3 N–H and O–H groups in total. The Labute approximate surface area is 124 Å². The van der Waals surface area contributed by atoms with Gasteiger partial charge in [-0.2, -0.15) is 0 Å². The van der Waals surface area contributed by atoms with Crippen molar-refractivity contribution in [1.29, 1.82) is 0 Å². The first-order valence-electron chi connectivity index (χ1n) is 6.47. The minimum atomic E-state index is -0.191. The van der Waals surface area contributed by atoms with E-state index >= 15 is 0 Å². The molecule has 1 rings (SSSR count). The summed E-state index contributed by atoms with van der Waals surface area (Å²) in [6, 6.07) is 7.23. The van der Waals surface area contributed by atoms with Crippen LogP contribution in [0.2, 0.25) is 5.02 Å². The van der Waals surface area contributed by atoms with Gasteiger partial charge in [0.1, 0.15) is 5.84 Å². The summed E-state index contributed by atoms with van der Waals surface area (Å²) in [7, 11) is 0. The fourth-order valence-electron chi connectivity index (χ4n) is 1.86. The van der Waals surface area contributed by atoms with Crippen molar-refractivity contribution >= 4 is 23.3 Å². The maximum Gasteiger partial charge on any atom is 0.227 e. The molecule has 0 aromatic heterocycles. The summed E-state index contributed by atoms with van der Waals surface area (Å²) in [4.78, 5) is 13.9. The maximum absolute atomic E-state index is 12.2. The third-order valence-corrected chi connectivity index (χ3v) is 3.33. The fourth-order valence-corrected chi connectivity index (χ4v) is 2.08. The smallest absolute Gasteiger partial charge is 0.227 e. The zero-order valence-corrected chi connectivity index (χ0v) is 12.5. The van der Waals surface area contributed by atoms with Gasteiger partial charge in [0, 0.05) is 24.0 Å². The molecule has 1 aromatic carbocycles. The Bertz CT molecular complexity index is 491. The molecule has 0 aliphatic rings. The SMILES string of the molecule is CCN(CC(C)C(N)=NO)C(=O)Cc1cccc(Cl)c1. The highest BCUT2D eigenvalue weighted by molar-refractivity contribution is 6.30. The number of halogens is 1. The number of benzene rings is 1. The van der Waals surface area contributed by atoms with Crippen LogP contribution >= 0.6 is 11.6 Å². The number of hydrogen-bond acceptors (Lipinski definition) is 3. The number of hydrogen-bond donors (Lipinski definition) is 2. The Morgan fingerprint density at radius 3 is 2.80 bits per heavy atom. The lowest BCUT2D eigenvalue weighted by Crippen LogP contribution is -2.39. The van der Waals surface area contributed by atoms with E-state index in [1.807, 2.05) is 26.0 Å². The quantitative estimate of drug-likeness (QED) is 0.365. The number of nitrogens with zero attached hydrogens (tertiary/aromatic N) is 2. The Balaban J connectivity index is 2.68. The largest absolute Gasteiger partial charge is 0.409 e. The van der Waals surface area contributed by atoms with Crippen LogP contribution in [0.4, 0.5) is 0 Å². The van der Waals surface area contributed by atoms with Crippen molar-refractivity contribution in [2.24, 2.45) is 16.8 Å². The topological polar surface area (TPSA) is 78.9 Å². The summed E-state index contributed by atoms with van der Waals surface area (Å²) < 4.78 is 0. The molecule has 0 spiro atoms. The molecular weight excluding hydrogens is 278 g/mol. The average molecular weight is 298 g/mol. The summed E-state index contributed by atoms with van der Waals surface area (Å²) in [6.45, 7) is 4.70. The van der Waals surface area contributed by atoms with Gasteiger partial charge in [0.15, 0.2) is 0 Å². The molecule has 0 saturated carbocycles. The predicted molar refractivity (Wildman–Crippen MR) is 80.0 cm³/mol. The first kappa shape index (κ1) is 16.3. The van der Waals surface area contributed by atoms with E-state index in [0.29, 0.717) is 18.1 Å². The number of nitrogens with two attached hydrogens (primary N) is 1. The van der Waals surface area contributed by atoms with Gasteiger partial charge < -0.3 is 15.8 Å². The molecule has 0 heterocycles. The van der Waals surface area contributed by atoms with Gasteiger partial charge >= 0.3 is 0 Å². The van der Waals surface area contributed by atoms with E-state index in [0.717, 1.165) is 5.56 Å². The minimum absolute atomic E-state index is 0.00708. The van der Waals surface area contributed by atoms with E-state index < -0.39 is 0 Å². The second kappa shape index (κ2) is 7.75. The molecule has 0 radical (unpaired) electrons. The molecule has 0 aliphatic heterocycles. The predicted octanol–water partition coefficient (Wildman–Crippen LogP) is 2.11. The number of likely N-dealkylation sites (N-methyl/N-ethyl adjacent to an activating group) is 1. The Kier molecular flexibility index (Phi) is 6.31. The normalized spacial score (nSPS) is 13.1. The van der Waals surface area contributed by atoms with Crippen LogP contribution in [-0.2, 0) is 11.2 Å². The van der Waals surface area contributed by atoms with Gasteiger partial charge in [-0.15, -0.1) is 0 Å². The number of carbonyl (C=O) groups excluding carboxylic acids is 1. The van der Waals surface area contributed by atoms with Crippen LogP contribution in [0, 0.1) is 5.92 Å². The third-order valence-electron chi connectivity index (χ3n) is 3.09. The average Bonchev–Trinajstić information content (AvgIpc) is 2.43. The number of rotatable bonds is 6. The standard InChI is InChI=1S/C14H20ClN3O2/c1-3-18(9-10(2)14(16)17-20)13(19)8-11-5-4-6-12(15)7-11/h4-7,10,20H,3,8-9H2,1-2H3,(H2,16,17). The highest BCUT2D eigenvalue weighted by atomic mass is 35.5. The molecule has 20 heavy (non-hydrogen) atoms. The van der Waals surface area contributed by atoms with Crippen LogP contribution in [-0.4, -0.2) is 34.9 Å². The van der Waals surface area contributed by atoms with Crippen LogP contribution in [0.1, 0.15) is 19.4 Å². The van der Waals surface area contributed by atoms with Crippen LogP contribution in [0.5, 0.6) is 0 Å². The second-order valence-electron chi connectivity index (χ2n) is 4.66. The molecule has 0 bridgehead atoms. The fraction of sp³-hybridized carbons (Fsp3) is 0.429. The molecule has 1 aromatic rings. The molecule has 6 heteroatoms. The highest BCUT2D eigenvalue weighted by Crippen LogP contribution is 2.12. The van der Waals surface area contributed by atoms with Gasteiger partial charge in [-0.25, -0.2) is 0 Å². The van der Waals surface area contributed by atoms with Crippen LogP contribution in [0.3, 0.4) is 0 Å². The summed E-state index contributed by atoms with van der Waals surface area (Å²) >= 11 is 5.90. The molecular formula is C14H20ClN3O2. The zero-order valence-electron chi connectivity index (χ0n) is 11.7. The molecule has 0 fully saturated rings. The summed E-state index contributed by atoms with van der Waals surface area (Å²) in [5.41, 5.74) is 6.41. The van der Waals surface area contributed by atoms with E-state index in [9.17, 15) is 4.79 Å². The molecule has 0 aliphatic carbocycles. The van der Waals surface area contributed by atoms with Gasteiger partial charge in [0.2, 0.25) is 5.91 Å². The highest BCUT2D eigenvalue weighted by Gasteiger charge is 2.17. The van der Waals surface area contributed by atoms with Crippen molar-refractivity contribution in [2.75, 3.05) is 13.1 Å².